The molecule has 136 valence electrons. The second kappa shape index (κ2) is 6.77. The molecule has 2 aromatic heterocycles. The highest BCUT2D eigenvalue weighted by molar-refractivity contribution is 6.30. The average molecular weight is 384 g/mol. The van der Waals surface area contributed by atoms with Crippen molar-refractivity contribution in [2.45, 2.75) is 13.3 Å². The largest absolute Gasteiger partial charge is 0.441 e. The zero-order chi connectivity index (χ0) is 19.0. The van der Waals surface area contributed by atoms with E-state index in [4.69, 9.17) is 20.4 Å². The lowest BCUT2D eigenvalue weighted by Crippen LogP contribution is -2.15. The van der Waals surface area contributed by atoms with Gasteiger partial charge in [0, 0.05) is 22.3 Å². The van der Waals surface area contributed by atoms with Crippen LogP contribution < -0.4 is 11.1 Å². The van der Waals surface area contributed by atoms with Crippen LogP contribution in [0.5, 0.6) is 0 Å². The van der Waals surface area contributed by atoms with Crippen molar-refractivity contribution in [1.29, 1.82) is 0 Å². The fourth-order valence-electron chi connectivity index (χ4n) is 2.72. The van der Waals surface area contributed by atoms with Gasteiger partial charge in [0.1, 0.15) is 5.76 Å². The molecule has 0 fully saturated rings. The monoisotopic (exact) mass is 383 g/mol. The van der Waals surface area contributed by atoms with Gasteiger partial charge >= 0.3 is 5.76 Å². The van der Waals surface area contributed by atoms with Crippen LogP contribution >= 0.6 is 11.6 Å². The number of anilines is 1. The van der Waals surface area contributed by atoms with Crippen LogP contribution in [0.2, 0.25) is 5.02 Å². The van der Waals surface area contributed by atoms with E-state index >= 15 is 0 Å². The highest BCUT2D eigenvalue weighted by Crippen LogP contribution is 2.25. The number of aromatic nitrogens is 2. The van der Waals surface area contributed by atoms with Crippen molar-refractivity contribution in [1.82, 2.24) is 9.97 Å². The van der Waals surface area contributed by atoms with Gasteiger partial charge in [0.25, 0.3) is 0 Å². The minimum Gasteiger partial charge on any atom is -0.441 e. The van der Waals surface area contributed by atoms with E-state index in [2.05, 4.69) is 15.3 Å². The van der Waals surface area contributed by atoms with E-state index in [-0.39, 0.29) is 12.3 Å². The van der Waals surface area contributed by atoms with Crippen molar-refractivity contribution in [3.8, 4) is 11.5 Å². The van der Waals surface area contributed by atoms with Crippen molar-refractivity contribution in [3.05, 3.63) is 69.5 Å². The number of rotatable bonds is 4. The lowest BCUT2D eigenvalue weighted by Gasteiger charge is -2.03. The number of amides is 1. The zero-order valence-electron chi connectivity index (χ0n) is 14.2. The van der Waals surface area contributed by atoms with Gasteiger partial charge in [-0.3, -0.25) is 9.78 Å². The first-order valence-corrected chi connectivity index (χ1v) is 8.51. The molecule has 0 spiro atoms. The quantitative estimate of drug-likeness (QED) is 0.556. The van der Waals surface area contributed by atoms with E-state index in [1.165, 1.54) is 0 Å². The maximum Gasteiger partial charge on any atom is 0.417 e. The molecule has 8 heteroatoms. The number of aromatic amines is 1. The van der Waals surface area contributed by atoms with Gasteiger partial charge in [0.2, 0.25) is 11.8 Å². The van der Waals surface area contributed by atoms with Crippen LogP contribution in [0.4, 0.5) is 5.69 Å². The van der Waals surface area contributed by atoms with Gasteiger partial charge in [-0.25, -0.2) is 9.78 Å². The summed E-state index contributed by atoms with van der Waals surface area (Å²) in [6.45, 7) is 1.75. The molecule has 2 heterocycles. The molecule has 0 aliphatic rings. The second-order valence-electron chi connectivity index (χ2n) is 5.98. The van der Waals surface area contributed by atoms with E-state index in [0.717, 1.165) is 5.56 Å². The molecule has 0 saturated heterocycles. The summed E-state index contributed by atoms with van der Waals surface area (Å²) in [6, 6.07) is 12.1. The number of H-pyrrole nitrogens is 1. The molecule has 7 nitrogen and oxygen atoms in total. The number of hydrogen-bond donors (Lipinski definition) is 2. The Labute approximate surface area is 158 Å². The lowest BCUT2D eigenvalue weighted by atomic mass is 10.2. The number of fused-ring (bicyclic) bond motifs is 1. The average Bonchev–Trinajstić information content (AvgIpc) is 3.16. The van der Waals surface area contributed by atoms with Gasteiger partial charge in [-0.1, -0.05) is 17.7 Å². The summed E-state index contributed by atoms with van der Waals surface area (Å²) in [5.41, 5.74) is 2.74. The van der Waals surface area contributed by atoms with Gasteiger partial charge in [-0.05, 0) is 37.3 Å². The lowest BCUT2D eigenvalue weighted by molar-refractivity contribution is -0.115. The second-order valence-corrected chi connectivity index (χ2v) is 6.42. The maximum atomic E-state index is 12.4. The molecule has 0 bridgehead atoms. The summed E-state index contributed by atoms with van der Waals surface area (Å²) in [6.07, 6.45) is 0.0466. The summed E-state index contributed by atoms with van der Waals surface area (Å²) in [4.78, 5) is 30.5. The van der Waals surface area contributed by atoms with E-state index < -0.39 is 5.76 Å². The Hall–Kier alpha value is -3.32. The molecule has 0 aliphatic heterocycles. The van der Waals surface area contributed by atoms with Gasteiger partial charge < -0.3 is 14.2 Å². The Kier molecular flexibility index (Phi) is 4.29. The molecule has 0 radical (unpaired) electrons. The SMILES string of the molecule is Cc1oc(-c2cccc(Cl)c2)nc1CC(=O)Nc1ccc2[nH]c(=O)oc2c1. The van der Waals surface area contributed by atoms with Crippen LogP contribution in [0.25, 0.3) is 22.6 Å². The number of nitrogens with one attached hydrogen (secondary N) is 2. The minimum atomic E-state index is -0.541. The Morgan fingerprint density at radius 1 is 1.22 bits per heavy atom. The van der Waals surface area contributed by atoms with Gasteiger partial charge in [0.05, 0.1) is 17.6 Å². The summed E-state index contributed by atoms with van der Waals surface area (Å²) >= 11 is 6.00. The molecule has 0 atom stereocenters. The third-order valence-corrected chi connectivity index (χ3v) is 4.23. The summed E-state index contributed by atoms with van der Waals surface area (Å²) in [5, 5.41) is 3.34. The normalized spacial score (nSPS) is 11.0. The van der Waals surface area contributed by atoms with E-state index in [9.17, 15) is 9.59 Å². The number of aryl methyl sites for hydroxylation is 1. The summed E-state index contributed by atoms with van der Waals surface area (Å²) < 4.78 is 10.7. The van der Waals surface area contributed by atoms with Crippen molar-refractivity contribution >= 4 is 34.3 Å². The third kappa shape index (κ3) is 3.63. The molecule has 0 saturated carbocycles. The first kappa shape index (κ1) is 17.1. The Morgan fingerprint density at radius 3 is 2.89 bits per heavy atom. The molecular formula is C19H14ClN3O4. The Balaban J connectivity index is 1.51. The van der Waals surface area contributed by atoms with Crippen molar-refractivity contribution in [2.75, 3.05) is 5.32 Å². The number of benzene rings is 2. The first-order chi connectivity index (χ1) is 13.0. The van der Waals surface area contributed by atoms with Crippen LogP contribution in [0.3, 0.4) is 0 Å². The Bertz CT molecular complexity index is 1210. The molecule has 2 N–H and O–H groups in total. The molecule has 27 heavy (non-hydrogen) atoms. The van der Waals surface area contributed by atoms with Gasteiger partial charge in [-0.15, -0.1) is 0 Å². The number of nitrogens with zero attached hydrogens (tertiary/aromatic N) is 1. The van der Waals surface area contributed by atoms with E-state index in [1.807, 2.05) is 6.07 Å². The van der Waals surface area contributed by atoms with Crippen molar-refractivity contribution in [3.63, 3.8) is 0 Å². The number of oxazole rings is 2. The predicted molar refractivity (Wildman–Crippen MR) is 101 cm³/mol. The van der Waals surface area contributed by atoms with Gasteiger partial charge in [0.15, 0.2) is 5.58 Å². The fraction of sp³-hybridized carbons (Fsp3) is 0.105. The molecular weight excluding hydrogens is 370 g/mol. The molecule has 0 unspecified atom stereocenters. The standard InChI is InChI=1S/C19H14ClN3O4/c1-10-15(22-18(26-10)11-3-2-4-12(20)7-11)9-17(24)21-13-5-6-14-16(8-13)27-19(25)23-14/h2-8H,9H2,1H3,(H,21,24)(H,23,25). The molecule has 1 amide bonds. The zero-order valence-corrected chi connectivity index (χ0v) is 15.0. The van der Waals surface area contributed by atoms with E-state index in [0.29, 0.717) is 39.2 Å². The Morgan fingerprint density at radius 2 is 2.07 bits per heavy atom. The number of hydrogen-bond acceptors (Lipinski definition) is 5. The summed E-state index contributed by atoms with van der Waals surface area (Å²) in [7, 11) is 0. The minimum absolute atomic E-state index is 0.0466. The van der Waals surface area contributed by atoms with Crippen LogP contribution in [-0.4, -0.2) is 15.9 Å². The smallest absolute Gasteiger partial charge is 0.417 e. The molecule has 0 aliphatic carbocycles. The van der Waals surface area contributed by atoms with Crippen LogP contribution in [0, 0.1) is 6.92 Å². The highest BCUT2D eigenvalue weighted by Gasteiger charge is 2.15. The number of carbonyl (C=O) groups is 1. The molecule has 4 rings (SSSR count). The fourth-order valence-corrected chi connectivity index (χ4v) is 2.91. The van der Waals surface area contributed by atoms with Crippen LogP contribution in [0.1, 0.15) is 11.5 Å². The maximum absolute atomic E-state index is 12.4. The van der Waals surface area contributed by atoms with E-state index in [1.54, 1.807) is 43.3 Å². The molecule has 4 aromatic rings. The summed E-state index contributed by atoms with van der Waals surface area (Å²) in [5.74, 6) is 0.169. The number of carbonyl (C=O) groups excluding carboxylic acids is 1. The number of halogens is 1. The van der Waals surface area contributed by atoms with Crippen LogP contribution in [-0.2, 0) is 11.2 Å². The highest BCUT2D eigenvalue weighted by atomic mass is 35.5. The van der Waals surface area contributed by atoms with Gasteiger partial charge in [-0.2, -0.15) is 0 Å². The molecule has 2 aromatic carbocycles. The van der Waals surface area contributed by atoms with Crippen molar-refractivity contribution in [2.24, 2.45) is 0 Å². The first-order valence-electron chi connectivity index (χ1n) is 8.13. The van der Waals surface area contributed by atoms with Crippen molar-refractivity contribution < 1.29 is 13.6 Å². The van der Waals surface area contributed by atoms with Crippen LogP contribution in [0.15, 0.2) is 56.1 Å². The third-order valence-electron chi connectivity index (χ3n) is 4.00. The predicted octanol–water partition coefficient (Wildman–Crippen LogP) is 3.92. The topological polar surface area (TPSA) is 101 Å².